The van der Waals surface area contributed by atoms with E-state index >= 15 is 0 Å². The lowest BCUT2D eigenvalue weighted by atomic mass is 9.91. The highest BCUT2D eigenvalue weighted by Gasteiger charge is 2.96. The number of hydrogen-bond acceptors (Lipinski definition) is 2. The van der Waals surface area contributed by atoms with Gasteiger partial charge in [0.05, 0.1) is 20.6 Å². The van der Waals surface area contributed by atoms with Crippen LogP contribution in [0.5, 0.6) is 0 Å². The van der Waals surface area contributed by atoms with Crippen LogP contribution in [0.4, 0.5) is 101 Å². The molecule has 0 aromatic carbocycles. The summed E-state index contributed by atoms with van der Waals surface area (Å²) in [7, 11) is -8.91. The molecule has 1 N–H and O–H groups in total. The largest absolute Gasteiger partial charge is 1.00 e. The van der Waals surface area contributed by atoms with E-state index < -0.39 is 97.2 Å². The van der Waals surface area contributed by atoms with Gasteiger partial charge < -0.3 is 17.0 Å². The van der Waals surface area contributed by atoms with E-state index in [0.29, 0.717) is 12.8 Å². The first-order chi connectivity index (χ1) is 22.0. The highest BCUT2D eigenvalue weighted by Crippen LogP contribution is 2.64. The van der Waals surface area contributed by atoms with E-state index in [9.17, 15) is 109 Å². The van der Waals surface area contributed by atoms with Gasteiger partial charge in [0.1, 0.15) is 0 Å². The molecule has 0 aliphatic heterocycles. The van der Waals surface area contributed by atoms with Gasteiger partial charge in [-0.25, -0.2) is 8.42 Å². The molecule has 0 atom stereocenters. The minimum Gasteiger partial charge on any atom is -1.00 e. The van der Waals surface area contributed by atoms with Crippen molar-refractivity contribution in [2.75, 3.05) is 20.6 Å². The van der Waals surface area contributed by atoms with Crippen molar-refractivity contribution >= 4 is 10.0 Å². The summed E-state index contributed by atoms with van der Waals surface area (Å²) in [5.41, 5.74) is 0. The van der Waals surface area contributed by atoms with Crippen LogP contribution >= 0.6 is 0 Å². The summed E-state index contributed by atoms with van der Waals surface area (Å²) in [6.45, 7) is 0.672. The zero-order valence-electron chi connectivity index (χ0n) is 26.1. The molecule has 0 saturated carbocycles. The van der Waals surface area contributed by atoms with Gasteiger partial charge in [0.2, 0.25) is 0 Å². The molecule has 0 aromatic rings. The maximum absolute atomic E-state index is 14.7. The van der Waals surface area contributed by atoms with Crippen LogP contribution in [-0.2, 0) is 10.0 Å². The van der Waals surface area contributed by atoms with Crippen LogP contribution in [0.2, 0.25) is 0 Å². The Bertz CT molecular complexity index is 1290. The van der Waals surface area contributed by atoms with Crippen molar-refractivity contribution in [2.24, 2.45) is 0 Å². The summed E-state index contributed by atoms with van der Waals surface area (Å²) in [6.07, 6.45) is -4.77. The molecule has 0 aromatic heterocycles. The normalized spacial score (nSPS) is 15.9. The molecule has 29 heteroatoms. The lowest BCUT2D eigenvalue weighted by molar-refractivity contribution is -0.990. The molecule has 0 saturated heterocycles. The van der Waals surface area contributed by atoms with Gasteiger partial charge in [-0.3, -0.25) is 4.48 Å². The zero-order chi connectivity index (χ0) is 41.6. The first-order valence-corrected chi connectivity index (χ1v) is 15.2. The van der Waals surface area contributed by atoms with Gasteiger partial charge in [0.15, 0.2) is 0 Å². The van der Waals surface area contributed by atoms with E-state index in [1.165, 1.54) is 0 Å². The number of quaternary nitrogens is 1. The van der Waals surface area contributed by atoms with Crippen molar-refractivity contribution in [2.45, 2.75) is 123 Å². The maximum atomic E-state index is 14.7. The van der Waals surface area contributed by atoms with Crippen molar-refractivity contribution in [3.63, 3.8) is 0 Å². The maximum Gasteiger partial charge on any atom is 0.462 e. The van der Waals surface area contributed by atoms with Crippen LogP contribution in [0.3, 0.4) is 0 Å². The number of nitrogens with zero attached hydrogens (tertiary/aromatic N) is 1. The Morgan fingerprint density at radius 1 is 0.462 bits per heavy atom. The Kier molecular flexibility index (Phi) is 16.0. The first-order valence-electron chi connectivity index (χ1n) is 13.7. The van der Waals surface area contributed by atoms with Crippen molar-refractivity contribution in [3.05, 3.63) is 0 Å². The summed E-state index contributed by atoms with van der Waals surface area (Å²) in [6, 6.07) is -13.9. The monoisotopic (exact) mass is 912 g/mol. The van der Waals surface area contributed by atoms with Gasteiger partial charge in [-0.15, -0.1) is 13.5 Å². The smallest absolute Gasteiger partial charge is 0.462 e. The minimum atomic E-state index is -9.34. The summed E-state index contributed by atoms with van der Waals surface area (Å²) in [5.74, 6) is -61.9. The average molecular weight is 913 g/mol. The van der Waals surface area contributed by atoms with Crippen LogP contribution in [0.1, 0.15) is 58.3 Å². The summed E-state index contributed by atoms with van der Waals surface area (Å²) in [5, 5.41) is -8.69. The molecule has 4 nitrogen and oxygen atoms in total. The van der Waals surface area contributed by atoms with Crippen molar-refractivity contribution < 1.29 is 131 Å². The van der Waals surface area contributed by atoms with Crippen molar-refractivity contribution in [3.8, 4) is 0 Å². The SMILES string of the molecule is CCCCCCCCCC[N+](C)(C)C(F)(F)C(F)(F)C(F)(F)NS(=O)(=O)C(F)(F)C(F)(F)C(F)(F)C(F)(F)C(F)(F)C(F)(F)C(F)(F)C(F)(F)F.[Br-]. The number of unbranched alkanes of at least 4 members (excludes halogenated alkanes) is 7. The second kappa shape index (κ2) is 15.7. The van der Waals surface area contributed by atoms with Gasteiger partial charge in [-0.2, -0.15) is 92.2 Å². The van der Waals surface area contributed by atoms with Crippen molar-refractivity contribution in [1.29, 1.82) is 0 Å². The Morgan fingerprint density at radius 2 is 0.769 bits per heavy atom. The topological polar surface area (TPSA) is 46.2 Å². The fraction of sp³-hybridized carbons (Fsp3) is 1.00. The Labute approximate surface area is 289 Å². The van der Waals surface area contributed by atoms with Crippen molar-refractivity contribution in [1.82, 2.24) is 4.72 Å². The fourth-order valence-corrected chi connectivity index (χ4v) is 5.03. The molecule has 0 bridgehead atoms. The molecule has 0 amide bonds. The van der Waals surface area contributed by atoms with Gasteiger partial charge >= 0.3 is 65.0 Å². The van der Waals surface area contributed by atoms with E-state index in [0.717, 1.165) is 19.3 Å². The Morgan fingerprint density at radius 3 is 1.12 bits per heavy atom. The number of rotatable bonds is 21. The van der Waals surface area contributed by atoms with Gasteiger partial charge in [-0.1, -0.05) is 45.4 Å². The third-order valence-corrected chi connectivity index (χ3v) is 8.85. The molecule has 0 spiro atoms. The number of nitrogens with one attached hydrogen (secondary N) is 1. The summed E-state index contributed by atoms with van der Waals surface area (Å²) >= 11 is 0. The molecule has 0 fully saturated rings. The number of halogens is 24. The predicted octanol–water partition coefficient (Wildman–Crippen LogP) is 6.91. The molecule has 0 unspecified atom stereocenters. The number of alkyl halides is 23. The third-order valence-electron chi connectivity index (χ3n) is 7.40. The number of hydrogen-bond donors (Lipinski definition) is 1. The molecule has 0 aliphatic rings. The van der Waals surface area contributed by atoms with Crippen LogP contribution in [0, 0.1) is 0 Å². The zero-order valence-corrected chi connectivity index (χ0v) is 28.5. The quantitative estimate of drug-likeness (QED) is 0.0590. The second-order valence-electron chi connectivity index (χ2n) is 11.6. The molecule has 52 heavy (non-hydrogen) atoms. The average Bonchev–Trinajstić information content (AvgIpc) is 2.92. The first kappa shape index (κ1) is 52.8. The molecule has 0 rings (SSSR count). The molecule has 0 aliphatic carbocycles. The van der Waals surface area contributed by atoms with E-state index in [2.05, 4.69) is 0 Å². The third kappa shape index (κ3) is 8.44. The minimum absolute atomic E-state index is 0. The summed E-state index contributed by atoms with van der Waals surface area (Å²) in [4.78, 5) is 0. The highest BCUT2D eigenvalue weighted by atomic mass is 79.9. The Hall–Kier alpha value is -1.26. The highest BCUT2D eigenvalue weighted by molar-refractivity contribution is 7.90. The predicted molar refractivity (Wildman–Crippen MR) is 127 cm³/mol. The second-order valence-corrected chi connectivity index (χ2v) is 13.4. The lowest BCUT2D eigenvalue weighted by Gasteiger charge is -2.43. The van der Waals surface area contributed by atoms with E-state index in [1.807, 2.05) is 6.92 Å². The van der Waals surface area contributed by atoms with Gasteiger partial charge in [-0.05, 0) is 12.8 Å². The molecular formula is C23H28BrF23N2O2S. The van der Waals surface area contributed by atoms with Crippen LogP contribution in [0.25, 0.3) is 0 Å². The molecule has 0 heterocycles. The van der Waals surface area contributed by atoms with Gasteiger partial charge in [0.25, 0.3) is 10.0 Å². The van der Waals surface area contributed by atoms with Gasteiger partial charge in [0, 0.05) is 0 Å². The standard InChI is InChI=1S/C23H28F23N2O2S.BrH/c1-4-5-6-7-8-9-10-11-12-48(2,3)22(43,44)19(36,37)21(41,42)47-51(49,50)23(45,46)18(34,35)16(30,31)14(26,27)13(24,25)15(28,29)17(32,33)20(38,39)40;/h47H,4-12H2,1-3H3;1H/q+1;/p-1. The van der Waals surface area contributed by atoms with Crippen LogP contribution in [-0.4, -0.2) is 98.5 Å². The number of sulfonamides is 1. The van der Waals surface area contributed by atoms with E-state index in [-0.39, 0.29) is 43.9 Å². The summed E-state index contributed by atoms with van der Waals surface area (Å²) < 4.78 is 334. The van der Waals surface area contributed by atoms with E-state index in [1.54, 1.807) is 0 Å². The van der Waals surface area contributed by atoms with E-state index in [4.69, 9.17) is 0 Å². The lowest BCUT2D eigenvalue weighted by Crippen LogP contribution is -3.00. The Balaban J connectivity index is 0. The van der Waals surface area contributed by atoms with Crippen LogP contribution in [0.15, 0.2) is 0 Å². The molecular weight excluding hydrogens is 885 g/mol. The van der Waals surface area contributed by atoms with Crippen LogP contribution < -0.4 is 21.7 Å². The molecule has 0 radical (unpaired) electrons. The molecule has 316 valence electrons. The fourth-order valence-electron chi connectivity index (χ4n) is 3.97.